The van der Waals surface area contributed by atoms with Crippen LogP contribution in [0.2, 0.25) is 0 Å². The Labute approximate surface area is 121 Å². The summed E-state index contributed by atoms with van der Waals surface area (Å²) < 4.78 is 0. The van der Waals surface area contributed by atoms with Gasteiger partial charge in [0.25, 0.3) is 0 Å². The number of likely N-dealkylation sites (tertiary alicyclic amines) is 1. The summed E-state index contributed by atoms with van der Waals surface area (Å²) in [5, 5.41) is 4.32. The SMILES string of the molecule is C[C@@H](CC(=O)N1CCCCCC1)NC[C@@H]1CCCS1. The summed E-state index contributed by atoms with van der Waals surface area (Å²) >= 11 is 2.08. The maximum absolute atomic E-state index is 12.2. The van der Waals surface area contributed by atoms with Crippen LogP contribution in [0.15, 0.2) is 0 Å². The van der Waals surface area contributed by atoms with Crippen LogP contribution >= 0.6 is 11.8 Å². The fourth-order valence-corrected chi connectivity index (χ4v) is 4.14. The fraction of sp³-hybridized carbons (Fsp3) is 0.933. The second-order valence-corrected chi connectivity index (χ2v) is 7.35. The van der Waals surface area contributed by atoms with Gasteiger partial charge in [-0.25, -0.2) is 0 Å². The Balaban J connectivity index is 1.65. The third-order valence-electron chi connectivity index (χ3n) is 4.16. The zero-order valence-electron chi connectivity index (χ0n) is 12.2. The van der Waals surface area contributed by atoms with E-state index in [2.05, 4.69) is 28.9 Å². The molecule has 2 fully saturated rings. The Morgan fingerprint density at radius 3 is 2.63 bits per heavy atom. The molecule has 3 nitrogen and oxygen atoms in total. The standard InChI is InChI=1S/C15H28N2OS/c1-13(16-12-14-7-6-10-19-14)11-15(18)17-8-4-2-3-5-9-17/h13-14,16H,2-12H2,1H3/t13-,14-/m0/s1. The van der Waals surface area contributed by atoms with Gasteiger partial charge in [-0.1, -0.05) is 12.8 Å². The minimum atomic E-state index is 0.317. The first-order valence-corrected chi connectivity index (χ1v) is 8.93. The van der Waals surface area contributed by atoms with Crippen molar-refractivity contribution in [2.75, 3.05) is 25.4 Å². The zero-order valence-corrected chi connectivity index (χ0v) is 13.0. The number of amides is 1. The van der Waals surface area contributed by atoms with E-state index < -0.39 is 0 Å². The van der Waals surface area contributed by atoms with Crippen molar-refractivity contribution in [2.24, 2.45) is 0 Å². The third kappa shape index (κ3) is 5.35. The van der Waals surface area contributed by atoms with Crippen molar-refractivity contribution in [2.45, 2.75) is 63.2 Å². The van der Waals surface area contributed by atoms with Gasteiger partial charge in [-0.2, -0.15) is 11.8 Å². The molecule has 0 aromatic heterocycles. The summed E-state index contributed by atoms with van der Waals surface area (Å²) in [6.45, 7) is 5.17. The lowest BCUT2D eigenvalue weighted by Crippen LogP contribution is -2.39. The molecule has 1 N–H and O–H groups in total. The molecule has 0 aromatic carbocycles. The fourth-order valence-electron chi connectivity index (χ4n) is 2.92. The molecule has 2 atom stereocenters. The van der Waals surface area contributed by atoms with E-state index in [0.717, 1.165) is 24.9 Å². The monoisotopic (exact) mass is 284 g/mol. The first-order valence-electron chi connectivity index (χ1n) is 7.88. The van der Waals surface area contributed by atoms with Gasteiger partial charge < -0.3 is 10.2 Å². The second-order valence-electron chi connectivity index (χ2n) is 5.94. The van der Waals surface area contributed by atoms with Crippen LogP contribution in [0.25, 0.3) is 0 Å². The number of hydrogen-bond donors (Lipinski definition) is 1. The largest absolute Gasteiger partial charge is 0.343 e. The zero-order chi connectivity index (χ0) is 13.5. The minimum Gasteiger partial charge on any atom is -0.343 e. The normalized spacial score (nSPS) is 26.2. The van der Waals surface area contributed by atoms with Crippen molar-refractivity contribution in [3.8, 4) is 0 Å². The summed E-state index contributed by atoms with van der Waals surface area (Å²) in [7, 11) is 0. The van der Waals surface area contributed by atoms with E-state index in [9.17, 15) is 4.79 Å². The smallest absolute Gasteiger partial charge is 0.224 e. The quantitative estimate of drug-likeness (QED) is 0.842. The highest BCUT2D eigenvalue weighted by Gasteiger charge is 2.20. The van der Waals surface area contributed by atoms with E-state index >= 15 is 0 Å². The van der Waals surface area contributed by atoms with Crippen molar-refractivity contribution < 1.29 is 4.79 Å². The Bertz CT molecular complexity index is 271. The van der Waals surface area contributed by atoms with Gasteiger partial charge in [0, 0.05) is 37.3 Å². The number of carbonyl (C=O) groups is 1. The second kappa shape index (κ2) is 8.15. The summed E-state index contributed by atoms with van der Waals surface area (Å²) in [4.78, 5) is 14.3. The molecule has 0 bridgehead atoms. The number of rotatable bonds is 5. The van der Waals surface area contributed by atoms with E-state index in [4.69, 9.17) is 0 Å². The highest BCUT2D eigenvalue weighted by Crippen LogP contribution is 2.25. The molecule has 0 unspecified atom stereocenters. The average Bonchev–Trinajstić information content (AvgIpc) is 2.76. The number of carbonyl (C=O) groups excluding carboxylic acids is 1. The van der Waals surface area contributed by atoms with Crippen molar-refractivity contribution >= 4 is 17.7 Å². The van der Waals surface area contributed by atoms with Gasteiger partial charge in [-0.05, 0) is 38.4 Å². The van der Waals surface area contributed by atoms with Crippen LogP contribution in [-0.2, 0) is 4.79 Å². The molecule has 0 aliphatic carbocycles. The predicted molar refractivity (Wildman–Crippen MR) is 82.6 cm³/mol. The van der Waals surface area contributed by atoms with Crippen LogP contribution in [-0.4, -0.2) is 47.5 Å². The summed E-state index contributed by atoms with van der Waals surface area (Å²) in [6.07, 6.45) is 8.31. The minimum absolute atomic E-state index is 0.317. The van der Waals surface area contributed by atoms with Gasteiger partial charge in [0.15, 0.2) is 0 Å². The van der Waals surface area contributed by atoms with Gasteiger partial charge in [0.2, 0.25) is 5.91 Å². The van der Waals surface area contributed by atoms with Crippen LogP contribution in [0.4, 0.5) is 0 Å². The Hall–Kier alpha value is -0.220. The molecule has 110 valence electrons. The molecule has 0 saturated carbocycles. The van der Waals surface area contributed by atoms with Gasteiger partial charge in [-0.15, -0.1) is 0 Å². The van der Waals surface area contributed by atoms with Crippen LogP contribution in [0, 0.1) is 0 Å². The van der Waals surface area contributed by atoms with E-state index in [0.29, 0.717) is 18.4 Å². The van der Waals surface area contributed by atoms with Crippen molar-refractivity contribution in [1.29, 1.82) is 0 Å². The van der Waals surface area contributed by atoms with E-state index in [1.807, 2.05) is 0 Å². The van der Waals surface area contributed by atoms with Crippen molar-refractivity contribution in [1.82, 2.24) is 10.2 Å². The predicted octanol–water partition coefficient (Wildman–Crippen LogP) is 2.65. The first-order chi connectivity index (χ1) is 9.25. The molecule has 19 heavy (non-hydrogen) atoms. The van der Waals surface area contributed by atoms with E-state index in [-0.39, 0.29) is 0 Å². The van der Waals surface area contributed by atoms with Crippen LogP contribution in [0.3, 0.4) is 0 Å². The molecule has 4 heteroatoms. The van der Waals surface area contributed by atoms with Gasteiger partial charge >= 0.3 is 0 Å². The summed E-state index contributed by atoms with van der Waals surface area (Å²) in [5.74, 6) is 1.66. The highest BCUT2D eigenvalue weighted by atomic mass is 32.2. The maximum atomic E-state index is 12.2. The average molecular weight is 284 g/mol. The van der Waals surface area contributed by atoms with Gasteiger partial charge in [0.05, 0.1) is 0 Å². The third-order valence-corrected chi connectivity index (χ3v) is 5.56. The molecule has 2 rings (SSSR count). The number of nitrogens with zero attached hydrogens (tertiary/aromatic N) is 1. The Kier molecular flexibility index (Phi) is 6.51. The van der Waals surface area contributed by atoms with Crippen LogP contribution < -0.4 is 5.32 Å². The van der Waals surface area contributed by atoms with Crippen LogP contribution in [0.1, 0.15) is 51.9 Å². The van der Waals surface area contributed by atoms with E-state index in [1.165, 1.54) is 44.3 Å². The molecule has 2 heterocycles. The van der Waals surface area contributed by atoms with Crippen molar-refractivity contribution in [3.05, 3.63) is 0 Å². The summed E-state index contributed by atoms with van der Waals surface area (Å²) in [5.41, 5.74) is 0. The number of hydrogen-bond acceptors (Lipinski definition) is 3. The molecule has 2 saturated heterocycles. The topological polar surface area (TPSA) is 32.3 Å². The number of nitrogens with one attached hydrogen (secondary N) is 1. The Morgan fingerprint density at radius 1 is 1.26 bits per heavy atom. The Morgan fingerprint density at radius 2 is 2.00 bits per heavy atom. The highest BCUT2D eigenvalue weighted by molar-refractivity contribution is 8.00. The molecular weight excluding hydrogens is 256 g/mol. The molecular formula is C15H28N2OS. The van der Waals surface area contributed by atoms with Crippen molar-refractivity contribution in [3.63, 3.8) is 0 Å². The first kappa shape index (κ1) is 15.2. The van der Waals surface area contributed by atoms with Gasteiger partial charge in [0.1, 0.15) is 0 Å². The van der Waals surface area contributed by atoms with E-state index in [1.54, 1.807) is 0 Å². The molecule has 2 aliphatic rings. The molecule has 2 aliphatic heterocycles. The molecule has 0 spiro atoms. The maximum Gasteiger partial charge on any atom is 0.224 e. The summed E-state index contributed by atoms with van der Waals surface area (Å²) in [6, 6.07) is 0.317. The molecule has 1 amide bonds. The van der Waals surface area contributed by atoms with Gasteiger partial charge in [-0.3, -0.25) is 4.79 Å². The lowest BCUT2D eigenvalue weighted by atomic mass is 10.2. The van der Waals surface area contributed by atoms with Crippen LogP contribution in [0.5, 0.6) is 0 Å². The molecule has 0 aromatic rings. The molecule has 0 radical (unpaired) electrons. The lowest BCUT2D eigenvalue weighted by Gasteiger charge is -2.23. The number of thioether (sulfide) groups is 1. The lowest BCUT2D eigenvalue weighted by molar-refractivity contribution is -0.131.